The van der Waals surface area contributed by atoms with E-state index in [1.54, 1.807) is 0 Å². The number of rotatable bonds is 0. The van der Waals surface area contributed by atoms with Crippen LogP contribution in [0, 0.1) is 6.92 Å². The first-order chi connectivity index (χ1) is 6.70. The molecule has 2 N–H and O–H groups in total. The van der Waals surface area contributed by atoms with Crippen LogP contribution in [0.25, 0.3) is 0 Å². The molecule has 1 aliphatic rings. The smallest absolute Gasteiger partial charge is 0.163 e. The van der Waals surface area contributed by atoms with Crippen LogP contribution >= 0.6 is 0 Å². The summed E-state index contributed by atoms with van der Waals surface area (Å²) in [6, 6.07) is 3.84. The van der Waals surface area contributed by atoms with Crippen LogP contribution in [0.4, 0.5) is 5.69 Å². The predicted octanol–water partition coefficient (Wildman–Crippen LogP) is 2.73. The Bertz CT molecular complexity index is 356. The Morgan fingerprint density at radius 2 is 1.86 bits per heavy atom. The minimum absolute atomic E-state index is 0.245. The molecular weight excluding hydrogens is 174 g/mol. The van der Waals surface area contributed by atoms with Crippen molar-refractivity contribution in [2.75, 3.05) is 5.73 Å². The van der Waals surface area contributed by atoms with Crippen LogP contribution in [0.5, 0.6) is 0 Å². The monoisotopic (exact) mass is 191 g/mol. The molecule has 0 unspecified atom stereocenters. The average molecular weight is 191 g/mol. The molecule has 0 saturated heterocycles. The van der Waals surface area contributed by atoms with Gasteiger partial charge >= 0.3 is 0 Å². The zero-order valence-electron chi connectivity index (χ0n) is 9.05. The number of hydrogen-bond donors (Lipinski definition) is 1. The Kier molecular flexibility index (Phi) is 3.28. The van der Waals surface area contributed by atoms with E-state index < -0.39 is 0 Å². The van der Waals surface area contributed by atoms with Gasteiger partial charge in [-0.2, -0.15) is 0 Å². The maximum Gasteiger partial charge on any atom is 0.163 e. The van der Waals surface area contributed by atoms with Crippen molar-refractivity contribution in [2.24, 2.45) is 0 Å². The van der Waals surface area contributed by atoms with E-state index in [4.69, 9.17) is 5.73 Å². The molecule has 0 heterocycles. The largest absolute Gasteiger partial charge is 0.398 e. The van der Waals surface area contributed by atoms with Crippen molar-refractivity contribution in [2.45, 2.75) is 33.6 Å². The summed E-state index contributed by atoms with van der Waals surface area (Å²) in [6.07, 6.45) is 1.54. The van der Waals surface area contributed by atoms with Crippen molar-refractivity contribution in [3.8, 4) is 0 Å². The Morgan fingerprint density at radius 3 is 2.50 bits per heavy atom. The number of carbonyl (C=O) groups is 1. The highest BCUT2D eigenvalue weighted by atomic mass is 16.1. The second-order valence-corrected chi connectivity index (χ2v) is 3.24. The molecule has 2 heteroatoms. The van der Waals surface area contributed by atoms with E-state index in [0.717, 1.165) is 28.8 Å². The predicted molar refractivity (Wildman–Crippen MR) is 59.6 cm³/mol. The van der Waals surface area contributed by atoms with Crippen molar-refractivity contribution < 1.29 is 4.79 Å². The highest BCUT2D eigenvalue weighted by Gasteiger charge is 2.21. The third-order valence-corrected chi connectivity index (χ3v) is 2.49. The molecule has 76 valence electrons. The van der Waals surface area contributed by atoms with E-state index in [1.165, 1.54) is 0 Å². The zero-order chi connectivity index (χ0) is 10.7. The first kappa shape index (κ1) is 10.8. The lowest BCUT2D eigenvalue weighted by molar-refractivity contribution is 0.0994. The third kappa shape index (κ3) is 1.65. The summed E-state index contributed by atoms with van der Waals surface area (Å²) >= 11 is 0. The quantitative estimate of drug-likeness (QED) is 0.641. The van der Waals surface area contributed by atoms with Crippen LogP contribution in [-0.4, -0.2) is 5.78 Å². The van der Waals surface area contributed by atoms with Crippen LogP contribution in [0.1, 0.15) is 41.8 Å². The van der Waals surface area contributed by atoms with Gasteiger partial charge in [-0.05, 0) is 30.5 Å². The number of nitrogens with two attached hydrogens (primary N) is 1. The van der Waals surface area contributed by atoms with Crippen molar-refractivity contribution in [1.82, 2.24) is 0 Å². The highest BCUT2D eigenvalue weighted by molar-refractivity contribution is 6.02. The SMILES string of the molecule is CC.Cc1c(N)ccc2c1C(=O)CC2. The number of anilines is 1. The van der Waals surface area contributed by atoms with E-state index in [9.17, 15) is 4.79 Å². The fourth-order valence-electron chi connectivity index (χ4n) is 1.75. The molecule has 0 bridgehead atoms. The first-order valence-corrected chi connectivity index (χ1v) is 5.11. The van der Waals surface area contributed by atoms with Gasteiger partial charge < -0.3 is 5.73 Å². The number of nitrogen functional groups attached to an aromatic ring is 1. The minimum atomic E-state index is 0.245. The van der Waals surface area contributed by atoms with E-state index in [2.05, 4.69) is 0 Å². The molecular formula is C12H17NO. The number of ketones is 1. The summed E-state index contributed by atoms with van der Waals surface area (Å²) in [5.74, 6) is 0.245. The van der Waals surface area contributed by atoms with Gasteiger partial charge in [0.2, 0.25) is 0 Å². The summed E-state index contributed by atoms with van der Waals surface area (Å²) in [7, 11) is 0. The minimum Gasteiger partial charge on any atom is -0.398 e. The zero-order valence-corrected chi connectivity index (χ0v) is 9.05. The van der Waals surface area contributed by atoms with Gasteiger partial charge in [0, 0.05) is 17.7 Å². The lowest BCUT2D eigenvalue weighted by Crippen LogP contribution is -1.99. The van der Waals surface area contributed by atoms with Crippen LogP contribution in [0.2, 0.25) is 0 Å². The van der Waals surface area contributed by atoms with Gasteiger partial charge in [0.25, 0.3) is 0 Å². The Morgan fingerprint density at radius 1 is 1.21 bits per heavy atom. The topological polar surface area (TPSA) is 43.1 Å². The lowest BCUT2D eigenvalue weighted by atomic mass is 10.0. The molecule has 0 radical (unpaired) electrons. The van der Waals surface area contributed by atoms with Gasteiger partial charge in [0.15, 0.2) is 5.78 Å². The highest BCUT2D eigenvalue weighted by Crippen LogP contribution is 2.28. The van der Waals surface area contributed by atoms with Gasteiger partial charge in [-0.3, -0.25) is 4.79 Å². The Balaban J connectivity index is 0.000000461. The summed E-state index contributed by atoms with van der Waals surface area (Å²) in [5, 5.41) is 0. The summed E-state index contributed by atoms with van der Waals surface area (Å²) in [4.78, 5) is 11.4. The average Bonchev–Trinajstić information content (AvgIpc) is 2.58. The van der Waals surface area contributed by atoms with E-state index in [-0.39, 0.29) is 5.78 Å². The van der Waals surface area contributed by atoms with Crippen LogP contribution in [0.15, 0.2) is 12.1 Å². The molecule has 2 nitrogen and oxygen atoms in total. The molecule has 1 aliphatic carbocycles. The fraction of sp³-hybridized carbons (Fsp3) is 0.417. The van der Waals surface area contributed by atoms with Crippen LogP contribution in [-0.2, 0) is 6.42 Å². The van der Waals surface area contributed by atoms with Crippen molar-refractivity contribution in [1.29, 1.82) is 0 Å². The molecule has 14 heavy (non-hydrogen) atoms. The van der Waals surface area contributed by atoms with Gasteiger partial charge in [0.1, 0.15) is 0 Å². The first-order valence-electron chi connectivity index (χ1n) is 5.11. The van der Waals surface area contributed by atoms with Crippen molar-refractivity contribution >= 4 is 11.5 Å². The third-order valence-electron chi connectivity index (χ3n) is 2.49. The standard InChI is InChI=1S/C10H11NO.C2H6/c1-6-8(11)4-2-7-3-5-9(12)10(6)7;1-2/h2,4H,3,5,11H2,1H3;1-2H3. The second kappa shape index (κ2) is 4.27. The Hall–Kier alpha value is -1.31. The normalized spacial score (nSPS) is 13.2. The summed E-state index contributed by atoms with van der Waals surface area (Å²) < 4.78 is 0. The summed E-state index contributed by atoms with van der Waals surface area (Å²) in [6.45, 7) is 5.91. The van der Waals surface area contributed by atoms with Crippen LogP contribution < -0.4 is 5.73 Å². The van der Waals surface area contributed by atoms with E-state index in [0.29, 0.717) is 6.42 Å². The maximum atomic E-state index is 11.4. The molecule has 1 aromatic carbocycles. The number of aryl methyl sites for hydroxylation is 1. The molecule has 0 fully saturated rings. The molecule has 0 amide bonds. The molecule has 0 saturated carbocycles. The molecule has 0 spiro atoms. The lowest BCUT2D eigenvalue weighted by Gasteiger charge is -2.04. The molecule has 2 rings (SSSR count). The van der Waals surface area contributed by atoms with Crippen LogP contribution in [0.3, 0.4) is 0 Å². The number of carbonyl (C=O) groups excluding carboxylic acids is 1. The van der Waals surface area contributed by atoms with Gasteiger partial charge in [-0.1, -0.05) is 19.9 Å². The van der Waals surface area contributed by atoms with Gasteiger partial charge in [0.05, 0.1) is 0 Å². The Labute approximate surface area is 85.1 Å². The molecule has 0 atom stereocenters. The van der Waals surface area contributed by atoms with Crippen molar-refractivity contribution in [3.63, 3.8) is 0 Å². The maximum absolute atomic E-state index is 11.4. The van der Waals surface area contributed by atoms with Gasteiger partial charge in [-0.25, -0.2) is 0 Å². The summed E-state index contributed by atoms with van der Waals surface area (Å²) in [5.41, 5.74) is 9.41. The number of Topliss-reactive ketones (excluding diaryl/α,β-unsaturated/α-hetero) is 1. The molecule has 0 aliphatic heterocycles. The second-order valence-electron chi connectivity index (χ2n) is 3.24. The molecule has 1 aromatic rings. The van der Waals surface area contributed by atoms with Crippen molar-refractivity contribution in [3.05, 3.63) is 28.8 Å². The fourth-order valence-corrected chi connectivity index (χ4v) is 1.75. The van der Waals surface area contributed by atoms with Gasteiger partial charge in [-0.15, -0.1) is 0 Å². The van der Waals surface area contributed by atoms with E-state index >= 15 is 0 Å². The van der Waals surface area contributed by atoms with E-state index in [1.807, 2.05) is 32.9 Å². The number of fused-ring (bicyclic) bond motifs is 1. The number of benzene rings is 1. The number of hydrogen-bond acceptors (Lipinski definition) is 2. The molecule has 0 aromatic heterocycles.